The lowest BCUT2D eigenvalue weighted by molar-refractivity contribution is -0.113. The topological polar surface area (TPSA) is 73.0 Å². The number of imidazole rings is 1. The number of fused-ring (bicyclic) bond motifs is 2. The summed E-state index contributed by atoms with van der Waals surface area (Å²) in [6.45, 7) is 8.34. The van der Waals surface area contributed by atoms with Crippen LogP contribution in [0.15, 0.2) is 15.7 Å². The summed E-state index contributed by atoms with van der Waals surface area (Å²) in [5, 5.41) is 7.54. The number of thioether (sulfide) groups is 1. The van der Waals surface area contributed by atoms with Crippen molar-refractivity contribution in [2.24, 2.45) is 17.8 Å². The second-order valence-electron chi connectivity index (χ2n) is 8.17. The number of aryl methyl sites for hydroxylation is 2. The molecule has 2 saturated carbocycles. The molecular formula is C20H28N4O2S. The summed E-state index contributed by atoms with van der Waals surface area (Å²) < 4.78 is 7.36. The van der Waals surface area contributed by atoms with Crippen LogP contribution in [0, 0.1) is 38.5 Å². The molecule has 2 bridgehead atoms. The van der Waals surface area contributed by atoms with Gasteiger partial charge in [-0.2, -0.15) is 0 Å². The molecule has 27 heavy (non-hydrogen) atoms. The molecule has 2 aromatic heterocycles. The van der Waals surface area contributed by atoms with Gasteiger partial charge in [0, 0.05) is 17.8 Å². The second-order valence-corrected chi connectivity index (χ2v) is 9.12. The third kappa shape index (κ3) is 3.66. The van der Waals surface area contributed by atoms with Crippen molar-refractivity contribution >= 4 is 23.5 Å². The van der Waals surface area contributed by atoms with Crippen LogP contribution in [0.4, 0.5) is 5.82 Å². The Hall–Kier alpha value is -1.76. The summed E-state index contributed by atoms with van der Waals surface area (Å²) in [6.07, 6.45) is 5.55. The van der Waals surface area contributed by atoms with Crippen LogP contribution in [0.25, 0.3) is 0 Å². The number of hydrogen-bond donors (Lipinski definition) is 1. The molecule has 0 saturated heterocycles. The van der Waals surface area contributed by atoms with Gasteiger partial charge in [0.05, 0.1) is 11.4 Å². The van der Waals surface area contributed by atoms with Crippen LogP contribution < -0.4 is 5.32 Å². The van der Waals surface area contributed by atoms with E-state index in [9.17, 15) is 4.79 Å². The molecule has 0 spiro atoms. The number of carbonyl (C=O) groups is 1. The van der Waals surface area contributed by atoms with E-state index in [4.69, 9.17) is 9.51 Å². The molecule has 2 aliphatic rings. The van der Waals surface area contributed by atoms with Gasteiger partial charge in [-0.1, -0.05) is 23.3 Å². The average molecular weight is 389 g/mol. The van der Waals surface area contributed by atoms with E-state index in [1.807, 2.05) is 0 Å². The standard InChI is InChI=1S/C20H28N4O2S/c1-11-7-18(23-26-11)22-19(25)10-27-20-21-12(2)13(3)24(20)14(4)17-9-15-5-6-16(17)8-15/h7,14-17H,5-6,8-10H2,1-4H3,(H,22,23,25)/t14-,15-,16-,17-/m0/s1. The second kappa shape index (κ2) is 7.34. The Bertz CT molecular complexity index is 843. The van der Waals surface area contributed by atoms with E-state index in [2.05, 4.69) is 35.8 Å². The van der Waals surface area contributed by atoms with Gasteiger partial charge in [-0.05, 0) is 64.7 Å². The minimum absolute atomic E-state index is 0.0919. The van der Waals surface area contributed by atoms with Crippen molar-refractivity contribution in [1.29, 1.82) is 0 Å². The Morgan fingerprint density at radius 1 is 1.37 bits per heavy atom. The molecule has 2 aromatic rings. The summed E-state index contributed by atoms with van der Waals surface area (Å²) in [5.74, 6) is 3.89. The molecule has 0 unspecified atom stereocenters. The van der Waals surface area contributed by atoms with Gasteiger partial charge in [0.25, 0.3) is 0 Å². The Morgan fingerprint density at radius 2 is 2.19 bits per heavy atom. The van der Waals surface area contributed by atoms with Crippen molar-refractivity contribution in [3.63, 3.8) is 0 Å². The number of carbonyl (C=O) groups excluding carboxylic acids is 1. The predicted molar refractivity (Wildman–Crippen MR) is 106 cm³/mol. The van der Waals surface area contributed by atoms with Gasteiger partial charge < -0.3 is 14.4 Å². The Balaban J connectivity index is 1.45. The lowest BCUT2D eigenvalue weighted by Crippen LogP contribution is -2.23. The maximum atomic E-state index is 12.3. The number of aromatic nitrogens is 3. The zero-order chi connectivity index (χ0) is 19.1. The lowest BCUT2D eigenvalue weighted by Gasteiger charge is -2.30. The normalized spacial score (nSPS) is 25.1. The van der Waals surface area contributed by atoms with Crippen LogP contribution >= 0.6 is 11.8 Å². The average Bonchev–Trinajstić information content (AvgIpc) is 3.39. The molecule has 146 valence electrons. The first-order valence-corrected chi connectivity index (χ1v) is 10.8. The number of anilines is 1. The van der Waals surface area contributed by atoms with Gasteiger partial charge in [0.2, 0.25) is 5.91 Å². The van der Waals surface area contributed by atoms with Crippen molar-refractivity contribution in [2.45, 2.75) is 64.6 Å². The van der Waals surface area contributed by atoms with Crippen LogP contribution in [0.1, 0.15) is 55.8 Å². The van der Waals surface area contributed by atoms with E-state index in [0.717, 1.165) is 28.6 Å². The fourth-order valence-electron chi connectivity index (χ4n) is 4.99. The van der Waals surface area contributed by atoms with E-state index >= 15 is 0 Å². The highest BCUT2D eigenvalue weighted by atomic mass is 32.2. The molecule has 1 amide bonds. The zero-order valence-corrected chi connectivity index (χ0v) is 17.3. The van der Waals surface area contributed by atoms with Crippen LogP contribution in [0.3, 0.4) is 0 Å². The Labute approximate surface area is 164 Å². The molecule has 2 heterocycles. The number of rotatable bonds is 6. The SMILES string of the molecule is Cc1cc(NC(=O)CSc2nc(C)c(C)n2[C@@H](C)[C@@H]2C[C@H]3CC[C@H]2C3)no1. The minimum Gasteiger partial charge on any atom is -0.360 e. The number of hydrogen-bond acceptors (Lipinski definition) is 5. The maximum absolute atomic E-state index is 12.3. The minimum atomic E-state index is -0.0919. The maximum Gasteiger partial charge on any atom is 0.236 e. The van der Waals surface area contributed by atoms with Crippen LogP contribution in [0.5, 0.6) is 0 Å². The van der Waals surface area contributed by atoms with Gasteiger partial charge in [-0.15, -0.1) is 0 Å². The fraction of sp³-hybridized carbons (Fsp3) is 0.650. The first-order chi connectivity index (χ1) is 12.9. The zero-order valence-electron chi connectivity index (χ0n) is 16.5. The molecule has 4 rings (SSSR count). The molecule has 0 radical (unpaired) electrons. The van der Waals surface area contributed by atoms with Gasteiger partial charge in [-0.3, -0.25) is 4.79 Å². The lowest BCUT2D eigenvalue weighted by atomic mass is 9.84. The van der Waals surface area contributed by atoms with Crippen LogP contribution in [0.2, 0.25) is 0 Å². The molecule has 4 atom stereocenters. The van der Waals surface area contributed by atoms with Crippen LogP contribution in [-0.4, -0.2) is 26.4 Å². The highest BCUT2D eigenvalue weighted by Crippen LogP contribution is 2.52. The van der Waals surface area contributed by atoms with Crippen molar-refractivity contribution in [1.82, 2.24) is 14.7 Å². The summed E-state index contributed by atoms with van der Waals surface area (Å²) in [5.41, 5.74) is 2.28. The van der Waals surface area contributed by atoms with E-state index in [-0.39, 0.29) is 5.91 Å². The molecule has 2 aliphatic carbocycles. The molecule has 1 N–H and O–H groups in total. The molecular weight excluding hydrogens is 360 g/mol. The summed E-state index contributed by atoms with van der Waals surface area (Å²) in [4.78, 5) is 17.0. The monoisotopic (exact) mass is 388 g/mol. The third-order valence-electron chi connectivity index (χ3n) is 6.40. The number of nitrogens with zero attached hydrogens (tertiary/aromatic N) is 3. The highest BCUT2D eigenvalue weighted by Gasteiger charge is 2.43. The van der Waals surface area contributed by atoms with Gasteiger partial charge in [-0.25, -0.2) is 4.98 Å². The van der Waals surface area contributed by atoms with Crippen LogP contribution in [-0.2, 0) is 4.79 Å². The largest absolute Gasteiger partial charge is 0.360 e. The predicted octanol–water partition coefficient (Wildman–Crippen LogP) is 4.52. The Morgan fingerprint density at radius 3 is 2.81 bits per heavy atom. The third-order valence-corrected chi connectivity index (χ3v) is 7.35. The van der Waals surface area contributed by atoms with Gasteiger partial charge in [0.15, 0.2) is 11.0 Å². The van der Waals surface area contributed by atoms with Crippen molar-refractivity contribution in [2.75, 3.05) is 11.1 Å². The molecule has 0 aromatic carbocycles. The van der Waals surface area contributed by atoms with Gasteiger partial charge >= 0.3 is 0 Å². The van der Waals surface area contributed by atoms with E-state index < -0.39 is 0 Å². The van der Waals surface area contributed by atoms with Crippen molar-refractivity contribution in [3.05, 3.63) is 23.2 Å². The van der Waals surface area contributed by atoms with Gasteiger partial charge in [0.1, 0.15) is 5.76 Å². The van der Waals surface area contributed by atoms with E-state index in [1.54, 1.807) is 13.0 Å². The molecule has 6 nitrogen and oxygen atoms in total. The number of nitrogens with one attached hydrogen (secondary N) is 1. The number of amides is 1. The molecule has 0 aliphatic heterocycles. The first-order valence-electron chi connectivity index (χ1n) is 9.83. The summed E-state index contributed by atoms with van der Waals surface area (Å²) in [7, 11) is 0. The summed E-state index contributed by atoms with van der Waals surface area (Å²) >= 11 is 1.50. The highest BCUT2D eigenvalue weighted by molar-refractivity contribution is 7.99. The fourth-order valence-corrected chi connectivity index (χ4v) is 5.96. The first kappa shape index (κ1) is 18.6. The Kier molecular flexibility index (Phi) is 5.05. The molecule has 2 fully saturated rings. The van der Waals surface area contributed by atoms with E-state index in [0.29, 0.717) is 23.4 Å². The van der Waals surface area contributed by atoms with Crippen molar-refractivity contribution in [3.8, 4) is 0 Å². The quantitative estimate of drug-likeness (QED) is 0.736. The molecule has 7 heteroatoms. The summed E-state index contributed by atoms with van der Waals surface area (Å²) in [6, 6.07) is 2.15. The smallest absolute Gasteiger partial charge is 0.236 e. The van der Waals surface area contributed by atoms with Crippen molar-refractivity contribution < 1.29 is 9.32 Å². The van der Waals surface area contributed by atoms with E-state index in [1.165, 1.54) is 43.1 Å².